The monoisotopic (exact) mass is 385 g/mol. The van der Waals surface area contributed by atoms with E-state index in [0.29, 0.717) is 0 Å². The second-order valence-corrected chi connectivity index (χ2v) is 7.07. The number of halogens is 1. The van der Waals surface area contributed by atoms with E-state index < -0.39 is 0 Å². The van der Waals surface area contributed by atoms with E-state index in [-0.39, 0.29) is 6.10 Å². The van der Waals surface area contributed by atoms with Crippen molar-refractivity contribution in [2.24, 2.45) is 0 Å². The van der Waals surface area contributed by atoms with Gasteiger partial charge in [-0.15, -0.1) is 0 Å². The number of hydrogen-bond acceptors (Lipinski definition) is 3. The van der Waals surface area contributed by atoms with E-state index in [1.165, 1.54) is 44.1 Å². The van der Waals surface area contributed by atoms with Crippen LogP contribution >= 0.6 is 15.9 Å². The molecule has 0 aromatic heterocycles. The van der Waals surface area contributed by atoms with Gasteiger partial charge in [-0.2, -0.15) is 0 Å². The van der Waals surface area contributed by atoms with Gasteiger partial charge in [0.25, 0.3) is 0 Å². The highest BCUT2D eigenvalue weighted by Crippen LogP contribution is 2.37. The molecular weight excluding hydrogens is 354 g/mol. The molecule has 0 spiro atoms. The first-order valence-electron chi connectivity index (χ1n) is 8.82. The maximum atomic E-state index is 5.82. The van der Waals surface area contributed by atoms with E-state index >= 15 is 0 Å². The highest BCUT2D eigenvalue weighted by molar-refractivity contribution is 9.10. The molecule has 1 rings (SSSR count). The van der Waals surface area contributed by atoms with Gasteiger partial charge >= 0.3 is 0 Å². The standard InChI is InChI=1S/C19H32BrNO2/c1-5-6-7-8-9-10-11-21-14-16-12-17(20)19(23-15(2)3)18(13-16)22-4/h12-13,15,21H,5-11,14H2,1-4H3. The number of hydrogen-bond donors (Lipinski definition) is 1. The Hall–Kier alpha value is -0.740. The molecule has 0 amide bonds. The fourth-order valence-electron chi connectivity index (χ4n) is 2.49. The summed E-state index contributed by atoms with van der Waals surface area (Å²) in [6, 6.07) is 4.16. The van der Waals surface area contributed by atoms with Gasteiger partial charge in [-0.05, 0) is 60.4 Å². The molecule has 4 heteroatoms. The fraction of sp³-hybridized carbons (Fsp3) is 0.684. The zero-order valence-corrected chi connectivity index (χ0v) is 16.7. The number of methoxy groups -OCH3 is 1. The normalized spacial score (nSPS) is 11.0. The molecule has 0 heterocycles. The summed E-state index contributed by atoms with van der Waals surface area (Å²) in [6.45, 7) is 8.21. The first-order chi connectivity index (χ1) is 11.1. The molecule has 0 saturated carbocycles. The van der Waals surface area contributed by atoms with E-state index in [9.17, 15) is 0 Å². The van der Waals surface area contributed by atoms with Crippen LogP contribution in [0.1, 0.15) is 64.9 Å². The van der Waals surface area contributed by atoms with Crippen LogP contribution in [0.2, 0.25) is 0 Å². The van der Waals surface area contributed by atoms with Gasteiger partial charge in [0.1, 0.15) is 0 Å². The minimum atomic E-state index is 0.122. The molecule has 0 unspecified atom stereocenters. The summed E-state index contributed by atoms with van der Waals surface area (Å²) in [5.74, 6) is 1.56. The van der Waals surface area contributed by atoms with Gasteiger partial charge in [-0.3, -0.25) is 0 Å². The number of ether oxygens (including phenoxy) is 2. The molecule has 1 aromatic rings. The Morgan fingerprint density at radius 1 is 1.09 bits per heavy atom. The van der Waals surface area contributed by atoms with Gasteiger partial charge in [0, 0.05) is 6.54 Å². The van der Waals surface area contributed by atoms with Crippen LogP contribution in [-0.2, 0) is 6.54 Å². The van der Waals surface area contributed by atoms with E-state index in [1.807, 2.05) is 13.8 Å². The Kier molecular flexibility index (Phi) is 10.4. The van der Waals surface area contributed by atoms with Gasteiger partial charge < -0.3 is 14.8 Å². The van der Waals surface area contributed by atoms with Gasteiger partial charge in [-0.1, -0.05) is 39.0 Å². The van der Waals surface area contributed by atoms with Crippen molar-refractivity contribution < 1.29 is 9.47 Å². The van der Waals surface area contributed by atoms with Gasteiger partial charge in [0.15, 0.2) is 11.5 Å². The molecule has 0 fully saturated rings. The van der Waals surface area contributed by atoms with Crippen LogP contribution in [0.25, 0.3) is 0 Å². The molecule has 0 saturated heterocycles. The Labute approximate surface area is 150 Å². The summed E-state index contributed by atoms with van der Waals surface area (Å²) in [4.78, 5) is 0. The largest absolute Gasteiger partial charge is 0.493 e. The third-order valence-electron chi connectivity index (χ3n) is 3.68. The lowest BCUT2D eigenvalue weighted by Crippen LogP contribution is -2.15. The molecule has 0 radical (unpaired) electrons. The second-order valence-electron chi connectivity index (χ2n) is 6.22. The Balaban J connectivity index is 2.41. The maximum Gasteiger partial charge on any atom is 0.175 e. The van der Waals surface area contributed by atoms with Crippen molar-refractivity contribution in [3.05, 3.63) is 22.2 Å². The summed E-state index contributed by atoms with van der Waals surface area (Å²) in [6.07, 6.45) is 8.10. The first-order valence-corrected chi connectivity index (χ1v) is 9.61. The summed E-state index contributed by atoms with van der Waals surface area (Å²) >= 11 is 3.59. The van der Waals surface area contributed by atoms with E-state index in [0.717, 1.165) is 29.1 Å². The number of unbranched alkanes of at least 4 members (excludes halogenated alkanes) is 5. The molecule has 1 N–H and O–H groups in total. The van der Waals surface area contributed by atoms with Crippen molar-refractivity contribution >= 4 is 15.9 Å². The molecule has 0 bridgehead atoms. The number of rotatable bonds is 12. The van der Waals surface area contributed by atoms with Crippen molar-refractivity contribution in [1.29, 1.82) is 0 Å². The fourth-order valence-corrected chi connectivity index (χ4v) is 3.07. The molecule has 0 aliphatic heterocycles. The van der Waals surface area contributed by atoms with Gasteiger partial charge in [0.2, 0.25) is 0 Å². The Bertz CT molecular complexity index is 449. The van der Waals surface area contributed by atoms with Gasteiger partial charge in [-0.25, -0.2) is 0 Å². The van der Waals surface area contributed by atoms with Crippen LogP contribution in [0.5, 0.6) is 11.5 Å². The average molecular weight is 386 g/mol. The Morgan fingerprint density at radius 3 is 2.43 bits per heavy atom. The summed E-state index contributed by atoms with van der Waals surface area (Å²) < 4.78 is 12.2. The maximum absolute atomic E-state index is 5.82. The minimum Gasteiger partial charge on any atom is -0.493 e. The highest BCUT2D eigenvalue weighted by atomic mass is 79.9. The smallest absolute Gasteiger partial charge is 0.175 e. The van der Waals surface area contributed by atoms with Crippen LogP contribution in [0.15, 0.2) is 16.6 Å². The predicted octanol–water partition coefficient (Wildman–Crippen LogP) is 5.70. The van der Waals surface area contributed by atoms with Crippen LogP contribution in [-0.4, -0.2) is 19.8 Å². The van der Waals surface area contributed by atoms with E-state index in [1.54, 1.807) is 7.11 Å². The lowest BCUT2D eigenvalue weighted by atomic mass is 10.1. The zero-order valence-electron chi connectivity index (χ0n) is 15.1. The van der Waals surface area contributed by atoms with Crippen molar-refractivity contribution in [2.75, 3.05) is 13.7 Å². The SMILES string of the molecule is CCCCCCCCNCc1cc(Br)c(OC(C)C)c(OC)c1. The lowest BCUT2D eigenvalue weighted by molar-refractivity contribution is 0.228. The van der Waals surface area contributed by atoms with Gasteiger partial charge in [0.05, 0.1) is 17.7 Å². The minimum absolute atomic E-state index is 0.122. The predicted molar refractivity (Wildman–Crippen MR) is 102 cm³/mol. The van der Waals surface area contributed by atoms with E-state index in [4.69, 9.17) is 9.47 Å². The molecular formula is C19H32BrNO2. The summed E-state index contributed by atoms with van der Waals surface area (Å²) in [7, 11) is 1.68. The second kappa shape index (κ2) is 11.7. The molecule has 0 aliphatic rings. The molecule has 1 aromatic carbocycles. The van der Waals surface area contributed by atoms with E-state index in [2.05, 4.69) is 40.3 Å². The van der Waals surface area contributed by atoms with Crippen molar-refractivity contribution in [2.45, 2.75) is 71.9 Å². The summed E-state index contributed by atoms with van der Waals surface area (Å²) in [5.41, 5.74) is 1.20. The van der Waals surface area contributed by atoms with Crippen LogP contribution < -0.4 is 14.8 Å². The van der Waals surface area contributed by atoms with Crippen LogP contribution in [0.4, 0.5) is 0 Å². The number of nitrogens with one attached hydrogen (secondary N) is 1. The summed E-state index contributed by atoms with van der Waals surface area (Å²) in [5, 5.41) is 3.51. The molecule has 23 heavy (non-hydrogen) atoms. The average Bonchev–Trinajstić information content (AvgIpc) is 2.51. The van der Waals surface area contributed by atoms with Crippen molar-refractivity contribution in [3.8, 4) is 11.5 Å². The zero-order chi connectivity index (χ0) is 17.1. The van der Waals surface area contributed by atoms with Crippen LogP contribution in [0, 0.1) is 0 Å². The van der Waals surface area contributed by atoms with Crippen molar-refractivity contribution in [3.63, 3.8) is 0 Å². The van der Waals surface area contributed by atoms with Crippen molar-refractivity contribution in [1.82, 2.24) is 5.32 Å². The third kappa shape index (κ3) is 8.07. The quantitative estimate of drug-likeness (QED) is 0.468. The molecule has 0 atom stereocenters. The lowest BCUT2D eigenvalue weighted by Gasteiger charge is -2.16. The molecule has 0 aliphatic carbocycles. The third-order valence-corrected chi connectivity index (χ3v) is 4.27. The molecule has 132 valence electrons. The highest BCUT2D eigenvalue weighted by Gasteiger charge is 2.12. The molecule has 3 nitrogen and oxygen atoms in total. The Morgan fingerprint density at radius 2 is 1.78 bits per heavy atom. The first kappa shape index (κ1) is 20.3. The van der Waals surface area contributed by atoms with Crippen LogP contribution in [0.3, 0.4) is 0 Å². The number of benzene rings is 1. The topological polar surface area (TPSA) is 30.5 Å².